The highest BCUT2D eigenvalue weighted by Gasteiger charge is 2.26. The zero-order valence-electron chi connectivity index (χ0n) is 16.9. The number of carbonyl (C=O) groups excluding carboxylic acids is 1. The van der Waals surface area contributed by atoms with E-state index in [2.05, 4.69) is 20.6 Å². The zero-order chi connectivity index (χ0) is 20.1. The second kappa shape index (κ2) is 5.84. The Bertz CT molecular complexity index is 1050. The number of nitrogens with zero attached hydrogens (tertiary/aromatic N) is 4. The molecule has 1 atom stereocenters. The van der Waals surface area contributed by atoms with Crippen LogP contribution in [-0.4, -0.2) is 25.8 Å². The first-order chi connectivity index (χ1) is 13.2. The van der Waals surface area contributed by atoms with E-state index in [9.17, 15) is 4.79 Å². The second-order valence-electron chi connectivity index (χ2n) is 6.20. The number of hydrogen-bond donors (Lipinski definition) is 1. The zero-order valence-corrected chi connectivity index (χ0v) is 13.9. The summed E-state index contributed by atoms with van der Waals surface area (Å²) < 4.78 is 28.4. The van der Waals surface area contributed by atoms with E-state index in [1.165, 1.54) is 0 Å². The van der Waals surface area contributed by atoms with Gasteiger partial charge >= 0.3 is 0 Å². The number of fused-ring (bicyclic) bond motifs is 1. The molecular weight excluding hydrogens is 318 g/mol. The molecule has 1 N–H and O–H groups in total. The largest absolute Gasteiger partial charge is 0.344 e. The van der Waals surface area contributed by atoms with E-state index < -0.39 is 6.85 Å². The van der Waals surface area contributed by atoms with Gasteiger partial charge < -0.3 is 9.84 Å². The van der Waals surface area contributed by atoms with Crippen LogP contribution in [0.1, 0.15) is 49.8 Å². The lowest BCUT2D eigenvalue weighted by atomic mass is 10.0. The molecule has 3 aromatic rings. The molecule has 1 aromatic carbocycles. The highest BCUT2D eigenvalue weighted by Crippen LogP contribution is 2.33. The summed E-state index contributed by atoms with van der Waals surface area (Å²) in [6.45, 7) is -0.583. The van der Waals surface area contributed by atoms with E-state index >= 15 is 0 Å². The van der Waals surface area contributed by atoms with Crippen molar-refractivity contribution in [3.8, 4) is 11.4 Å². The number of benzene rings is 1. The molecule has 0 bridgehead atoms. The fraction of sp³-hybridized carbons (Fsp3) is 0.333. The summed E-state index contributed by atoms with van der Waals surface area (Å²) in [6, 6.07) is 7.32. The highest BCUT2D eigenvalue weighted by atomic mass is 16.5. The lowest BCUT2D eigenvalue weighted by molar-refractivity contribution is 0.0927. The highest BCUT2D eigenvalue weighted by molar-refractivity contribution is 5.93. The molecule has 0 spiro atoms. The third-order valence-corrected chi connectivity index (χ3v) is 4.44. The number of amides is 1. The predicted octanol–water partition coefficient (Wildman–Crippen LogP) is 2.50. The van der Waals surface area contributed by atoms with E-state index in [0.29, 0.717) is 11.3 Å². The first-order valence-corrected chi connectivity index (χ1v) is 8.01. The quantitative estimate of drug-likeness (QED) is 0.792. The van der Waals surface area contributed by atoms with Crippen LogP contribution in [-0.2, 0) is 13.5 Å². The van der Waals surface area contributed by atoms with Gasteiger partial charge in [-0.3, -0.25) is 9.48 Å². The second-order valence-corrected chi connectivity index (χ2v) is 6.20. The first-order valence-electron chi connectivity index (χ1n) is 9.51. The van der Waals surface area contributed by atoms with Crippen LogP contribution in [0.4, 0.5) is 0 Å². The molecule has 2 heterocycles. The molecular formula is C18H19N5O2. The molecule has 25 heavy (non-hydrogen) atoms. The Morgan fingerprint density at radius 2 is 2.32 bits per heavy atom. The normalized spacial score (nSPS) is 18.3. The van der Waals surface area contributed by atoms with Crippen molar-refractivity contribution in [1.82, 2.24) is 25.2 Å². The standard InChI is InChI=1S/C18H19N5O2/c1-10-8-16(23(3)21-10)18(24)20-15-7-5-12-9-13(4-6-14(12)15)17-19-11(2)25-22-17/h4,6,8-9,15H,5,7H2,1-3H3,(H,20,24)/t15-/m1/s1/i2D3. The van der Waals surface area contributed by atoms with Gasteiger partial charge in [0.25, 0.3) is 5.91 Å². The Morgan fingerprint density at radius 1 is 1.44 bits per heavy atom. The Hall–Kier alpha value is -2.96. The third kappa shape index (κ3) is 2.82. The Balaban J connectivity index is 1.54. The maximum absolute atomic E-state index is 12.6. The lowest BCUT2D eigenvalue weighted by Gasteiger charge is -2.14. The summed E-state index contributed by atoms with van der Waals surface area (Å²) in [4.78, 5) is 16.5. The van der Waals surface area contributed by atoms with Crippen molar-refractivity contribution < 1.29 is 13.4 Å². The summed E-state index contributed by atoms with van der Waals surface area (Å²) in [5, 5.41) is 11.0. The third-order valence-electron chi connectivity index (χ3n) is 4.44. The predicted molar refractivity (Wildman–Crippen MR) is 90.9 cm³/mol. The van der Waals surface area contributed by atoms with Crippen molar-refractivity contribution in [3.63, 3.8) is 0 Å². The lowest BCUT2D eigenvalue weighted by Crippen LogP contribution is -2.28. The van der Waals surface area contributed by atoms with Crippen LogP contribution in [0.25, 0.3) is 11.4 Å². The van der Waals surface area contributed by atoms with Gasteiger partial charge in [0.05, 0.1) is 11.7 Å². The molecule has 0 radical (unpaired) electrons. The molecule has 7 nitrogen and oxygen atoms in total. The molecule has 0 fully saturated rings. The van der Waals surface area contributed by atoms with Crippen molar-refractivity contribution >= 4 is 5.91 Å². The molecule has 7 heteroatoms. The van der Waals surface area contributed by atoms with Crippen molar-refractivity contribution in [1.29, 1.82) is 0 Å². The Kier molecular flexibility index (Phi) is 2.90. The molecule has 0 saturated carbocycles. The van der Waals surface area contributed by atoms with Crippen LogP contribution < -0.4 is 5.32 Å². The number of aryl methyl sites for hydroxylation is 4. The van der Waals surface area contributed by atoms with Gasteiger partial charge in [-0.1, -0.05) is 17.3 Å². The van der Waals surface area contributed by atoms with Crippen LogP contribution in [0.2, 0.25) is 0 Å². The Labute approximate surface area is 149 Å². The Morgan fingerprint density at radius 3 is 3.04 bits per heavy atom. The average Bonchev–Trinajstić information content (AvgIpc) is 3.33. The maximum atomic E-state index is 12.6. The molecule has 128 valence electrons. The van der Waals surface area contributed by atoms with Gasteiger partial charge in [0, 0.05) is 23.6 Å². The van der Waals surface area contributed by atoms with Crippen LogP contribution in [0.5, 0.6) is 0 Å². The molecule has 4 rings (SSSR count). The van der Waals surface area contributed by atoms with Crippen LogP contribution in [0.3, 0.4) is 0 Å². The van der Waals surface area contributed by atoms with Crippen molar-refractivity contribution in [2.24, 2.45) is 7.05 Å². The molecule has 1 aliphatic carbocycles. The fourth-order valence-electron chi connectivity index (χ4n) is 3.30. The van der Waals surface area contributed by atoms with E-state index in [0.717, 1.165) is 29.7 Å². The van der Waals surface area contributed by atoms with E-state index in [1.807, 2.05) is 25.1 Å². The van der Waals surface area contributed by atoms with Crippen LogP contribution in [0.15, 0.2) is 28.8 Å². The fourth-order valence-corrected chi connectivity index (χ4v) is 3.30. The van der Waals surface area contributed by atoms with Crippen LogP contribution in [0, 0.1) is 13.8 Å². The minimum Gasteiger partial charge on any atom is -0.344 e. The summed E-state index contributed by atoms with van der Waals surface area (Å²) >= 11 is 0. The molecule has 0 aliphatic heterocycles. The van der Waals surface area contributed by atoms with E-state index in [-0.39, 0.29) is 23.7 Å². The summed E-state index contributed by atoms with van der Waals surface area (Å²) in [5.74, 6) is -0.295. The smallest absolute Gasteiger partial charge is 0.270 e. The van der Waals surface area contributed by atoms with Crippen molar-refractivity contribution in [3.05, 3.63) is 52.7 Å². The van der Waals surface area contributed by atoms with Gasteiger partial charge in [-0.25, -0.2) is 0 Å². The number of aromatic nitrogens is 4. The van der Waals surface area contributed by atoms with Gasteiger partial charge in [0.2, 0.25) is 11.7 Å². The van der Waals surface area contributed by atoms with Gasteiger partial charge in [-0.2, -0.15) is 10.1 Å². The number of nitrogens with one attached hydrogen (secondary N) is 1. The molecule has 2 aromatic heterocycles. The monoisotopic (exact) mass is 340 g/mol. The summed E-state index contributed by atoms with van der Waals surface area (Å²) in [6.07, 6.45) is 1.58. The molecule has 0 unspecified atom stereocenters. The average molecular weight is 340 g/mol. The van der Waals surface area contributed by atoms with Crippen molar-refractivity contribution in [2.45, 2.75) is 32.7 Å². The number of hydrogen-bond acceptors (Lipinski definition) is 5. The first kappa shape index (κ1) is 12.4. The van der Waals surface area contributed by atoms with Crippen molar-refractivity contribution in [2.75, 3.05) is 0 Å². The number of carbonyl (C=O) groups is 1. The van der Waals surface area contributed by atoms with Gasteiger partial charge in [0.1, 0.15) is 5.69 Å². The van der Waals surface area contributed by atoms with E-state index in [1.54, 1.807) is 17.8 Å². The summed E-state index contributed by atoms with van der Waals surface area (Å²) in [7, 11) is 1.75. The van der Waals surface area contributed by atoms with E-state index in [4.69, 9.17) is 8.64 Å². The maximum Gasteiger partial charge on any atom is 0.270 e. The SMILES string of the molecule is [2H]C([2H])([2H])c1nc(-c2ccc3c(c2)CC[C@H]3NC(=O)c2cc(C)nn2C)no1. The van der Waals surface area contributed by atoms with Gasteiger partial charge in [0.15, 0.2) is 0 Å². The molecule has 0 saturated heterocycles. The minimum atomic E-state index is -2.43. The minimum absolute atomic E-state index is 0.0880. The van der Waals surface area contributed by atoms with Gasteiger partial charge in [-0.05, 0) is 43.0 Å². The molecule has 1 amide bonds. The van der Waals surface area contributed by atoms with Gasteiger partial charge in [-0.15, -0.1) is 0 Å². The topological polar surface area (TPSA) is 85.8 Å². The van der Waals surface area contributed by atoms with Crippen LogP contribution >= 0.6 is 0 Å². The molecule has 1 aliphatic rings. The summed E-state index contributed by atoms with van der Waals surface area (Å²) in [5.41, 5.74) is 4.11. The number of rotatable bonds is 3.